The average Bonchev–Trinajstić information content (AvgIpc) is 2.34. The highest BCUT2D eigenvalue weighted by atomic mass is 35.5. The molecule has 1 saturated heterocycles. The van der Waals surface area contributed by atoms with Gasteiger partial charge in [-0.1, -0.05) is 18.0 Å². The fraction of sp³-hybridized carbons (Fsp3) is 0.538. The van der Waals surface area contributed by atoms with Gasteiger partial charge in [0.1, 0.15) is 0 Å². The zero-order chi connectivity index (χ0) is 12.3. The van der Waals surface area contributed by atoms with Crippen LogP contribution >= 0.6 is 11.6 Å². The molecule has 1 aliphatic heterocycles. The molecule has 1 aliphatic rings. The number of ether oxygens (including phenoxy) is 1. The van der Waals surface area contributed by atoms with E-state index >= 15 is 0 Å². The number of phenols is 1. The van der Waals surface area contributed by atoms with Crippen LogP contribution in [0.2, 0.25) is 5.02 Å². The number of nitrogens with zero attached hydrogens (tertiary/aromatic N) is 1. The van der Waals surface area contributed by atoms with Crippen LogP contribution in [0.15, 0.2) is 12.1 Å². The molecule has 0 spiro atoms. The molecule has 0 radical (unpaired) electrons. The zero-order valence-electron chi connectivity index (χ0n) is 10.1. The normalized spacial score (nSPS) is 17.1. The number of methoxy groups -OCH3 is 1. The fourth-order valence-corrected chi connectivity index (χ4v) is 2.49. The smallest absolute Gasteiger partial charge is 0.162 e. The maximum atomic E-state index is 10.0. The second-order valence-electron chi connectivity index (χ2n) is 4.45. The first-order chi connectivity index (χ1) is 8.20. The van der Waals surface area contributed by atoms with E-state index in [0.717, 1.165) is 25.2 Å². The largest absolute Gasteiger partial charge is 0.504 e. The Labute approximate surface area is 107 Å². The number of rotatable bonds is 3. The van der Waals surface area contributed by atoms with E-state index in [0.29, 0.717) is 10.8 Å². The third kappa shape index (κ3) is 3.05. The first kappa shape index (κ1) is 12.5. The van der Waals surface area contributed by atoms with E-state index in [1.807, 2.05) is 6.07 Å². The molecular formula is C13H18ClNO2. The molecule has 94 valence electrons. The van der Waals surface area contributed by atoms with Crippen LogP contribution in [0.4, 0.5) is 0 Å². The number of hydrogen-bond acceptors (Lipinski definition) is 3. The number of phenolic OH excluding ortho intramolecular Hbond substituents is 1. The number of benzene rings is 1. The third-order valence-corrected chi connectivity index (χ3v) is 3.40. The van der Waals surface area contributed by atoms with Gasteiger partial charge >= 0.3 is 0 Å². The van der Waals surface area contributed by atoms with Gasteiger partial charge in [-0.25, -0.2) is 0 Å². The van der Waals surface area contributed by atoms with Crippen molar-refractivity contribution in [2.45, 2.75) is 25.8 Å². The minimum Gasteiger partial charge on any atom is -0.504 e. The summed E-state index contributed by atoms with van der Waals surface area (Å²) in [5.74, 6) is 0.659. The molecule has 2 rings (SSSR count). The lowest BCUT2D eigenvalue weighted by atomic mass is 10.1. The Balaban J connectivity index is 2.16. The molecule has 0 aliphatic carbocycles. The Morgan fingerprint density at radius 1 is 1.29 bits per heavy atom. The molecule has 0 saturated carbocycles. The van der Waals surface area contributed by atoms with Gasteiger partial charge in [-0.15, -0.1) is 0 Å². The van der Waals surface area contributed by atoms with E-state index in [9.17, 15) is 5.11 Å². The van der Waals surface area contributed by atoms with E-state index < -0.39 is 0 Å². The molecule has 1 fully saturated rings. The predicted octanol–water partition coefficient (Wildman–Crippen LogP) is 3.04. The summed E-state index contributed by atoms with van der Waals surface area (Å²) in [5, 5.41) is 10.6. The first-order valence-corrected chi connectivity index (χ1v) is 6.36. The van der Waals surface area contributed by atoms with Gasteiger partial charge in [-0.3, -0.25) is 4.90 Å². The second kappa shape index (κ2) is 5.61. The lowest BCUT2D eigenvalue weighted by Gasteiger charge is -2.26. The molecule has 1 aromatic carbocycles. The Hall–Kier alpha value is -0.930. The van der Waals surface area contributed by atoms with Crippen molar-refractivity contribution in [1.29, 1.82) is 0 Å². The van der Waals surface area contributed by atoms with Crippen LogP contribution in [0.5, 0.6) is 11.5 Å². The summed E-state index contributed by atoms with van der Waals surface area (Å²) in [6, 6.07) is 3.45. The maximum absolute atomic E-state index is 10.0. The molecule has 17 heavy (non-hydrogen) atoms. The summed E-state index contributed by atoms with van der Waals surface area (Å²) in [5.41, 5.74) is 0.844. The summed E-state index contributed by atoms with van der Waals surface area (Å²) in [6.07, 6.45) is 3.78. The van der Waals surface area contributed by atoms with Gasteiger partial charge < -0.3 is 9.84 Å². The van der Waals surface area contributed by atoms with Gasteiger partial charge in [-0.2, -0.15) is 0 Å². The monoisotopic (exact) mass is 255 g/mol. The molecule has 0 amide bonds. The SMILES string of the molecule is COc1cc(Cl)cc(CN2CCCCC2)c1O. The standard InChI is InChI=1S/C13H18ClNO2/c1-17-12-8-11(14)7-10(13(12)16)9-15-5-3-2-4-6-15/h7-8,16H,2-6,9H2,1H3. The number of aromatic hydroxyl groups is 1. The van der Waals surface area contributed by atoms with Crippen LogP contribution in [0, 0.1) is 0 Å². The fourth-order valence-electron chi connectivity index (χ4n) is 2.26. The summed E-state index contributed by atoms with van der Waals surface area (Å²) in [7, 11) is 1.54. The second-order valence-corrected chi connectivity index (χ2v) is 4.89. The third-order valence-electron chi connectivity index (χ3n) is 3.18. The lowest BCUT2D eigenvalue weighted by molar-refractivity contribution is 0.218. The van der Waals surface area contributed by atoms with Gasteiger partial charge in [0.15, 0.2) is 11.5 Å². The van der Waals surface area contributed by atoms with Crippen molar-refractivity contribution in [1.82, 2.24) is 4.90 Å². The van der Waals surface area contributed by atoms with Crippen LogP contribution in [0.3, 0.4) is 0 Å². The molecule has 1 N–H and O–H groups in total. The number of piperidine rings is 1. The van der Waals surface area contributed by atoms with Crippen molar-refractivity contribution >= 4 is 11.6 Å². The summed E-state index contributed by atoms with van der Waals surface area (Å²) in [6.45, 7) is 2.92. The van der Waals surface area contributed by atoms with Gasteiger partial charge in [0.25, 0.3) is 0 Å². The minimum absolute atomic E-state index is 0.211. The van der Waals surface area contributed by atoms with Crippen molar-refractivity contribution in [3.05, 3.63) is 22.7 Å². The predicted molar refractivity (Wildman–Crippen MR) is 68.8 cm³/mol. The quantitative estimate of drug-likeness (QED) is 0.901. The van der Waals surface area contributed by atoms with Crippen LogP contribution < -0.4 is 4.74 Å². The number of hydrogen-bond donors (Lipinski definition) is 1. The molecule has 0 unspecified atom stereocenters. The minimum atomic E-state index is 0.211. The Bertz CT molecular complexity index is 389. The van der Waals surface area contributed by atoms with Crippen LogP contribution in [-0.4, -0.2) is 30.2 Å². The van der Waals surface area contributed by atoms with Gasteiger partial charge in [0.05, 0.1) is 7.11 Å². The highest BCUT2D eigenvalue weighted by molar-refractivity contribution is 6.30. The highest BCUT2D eigenvalue weighted by Gasteiger charge is 2.15. The Morgan fingerprint density at radius 2 is 2.00 bits per heavy atom. The van der Waals surface area contributed by atoms with E-state index in [1.165, 1.54) is 26.4 Å². The topological polar surface area (TPSA) is 32.7 Å². The molecule has 1 heterocycles. The molecule has 4 heteroatoms. The van der Waals surface area contributed by atoms with Gasteiger partial charge in [0, 0.05) is 23.2 Å². The summed E-state index contributed by atoms with van der Waals surface area (Å²) >= 11 is 6.01. The average molecular weight is 256 g/mol. The molecule has 0 bridgehead atoms. The first-order valence-electron chi connectivity index (χ1n) is 5.98. The summed E-state index contributed by atoms with van der Waals surface area (Å²) < 4.78 is 5.10. The number of likely N-dealkylation sites (tertiary alicyclic amines) is 1. The van der Waals surface area contributed by atoms with Crippen molar-refractivity contribution in [2.24, 2.45) is 0 Å². The van der Waals surface area contributed by atoms with E-state index in [4.69, 9.17) is 16.3 Å². The molecule has 0 atom stereocenters. The van der Waals surface area contributed by atoms with Crippen LogP contribution in [0.25, 0.3) is 0 Å². The van der Waals surface area contributed by atoms with Crippen molar-refractivity contribution in [3.63, 3.8) is 0 Å². The van der Waals surface area contributed by atoms with E-state index in [1.54, 1.807) is 6.07 Å². The highest BCUT2D eigenvalue weighted by Crippen LogP contribution is 2.34. The van der Waals surface area contributed by atoms with Crippen LogP contribution in [-0.2, 0) is 6.54 Å². The van der Waals surface area contributed by atoms with Crippen LogP contribution in [0.1, 0.15) is 24.8 Å². The van der Waals surface area contributed by atoms with E-state index in [2.05, 4.69) is 4.90 Å². The van der Waals surface area contributed by atoms with Crippen molar-refractivity contribution < 1.29 is 9.84 Å². The molecule has 3 nitrogen and oxygen atoms in total. The maximum Gasteiger partial charge on any atom is 0.162 e. The van der Waals surface area contributed by atoms with Gasteiger partial charge in [-0.05, 0) is 32.0 Å². The van der Waals surface area contributed by atoms with E-state index in [-0.39, 0.29) is 5.75 Å². The molecule has 0 aromatic heterocycles. The van der Waals surface area contributed by atoms with Gasteiger partial charge in [0.2, 0.25) is 0 Å². The molecule has 1 aromatic rings. The Kier molecular flexibility index (Phi) is 4.13. The van der Waals surface area contributed by atoms with Crippen molar-refractivity contribution in [2.75, 3.05) is 20.2 Å². The molecular weight excluding hydrogens is 238 g/mol. The van der Waals surface area contributed by atoms with Crippen molar-refractivity contribution in [3.8, 4) is 11.5 Å². The lowest BCUT2D eigenvalue weighted by Crippen LogP contribution is -2.29. The Morgan fingerprint density at radius 3 is 2.65 bits per heavy atom. The summed E-state index contributed by atoms with van der Waals surface area (Å²) in [4.78, 5) is 2.34. The number of halogens is 1. The zero-order valence-corrected chi connectivity index (χ0v) is 10.8.